The third-order valence-corrected chi connectivity index (χ3v) is 5.69. The second-order valence-electron chi connectivity index (χ2n) is 6.77. The highest BCUT2D eigenvalue weighted by atomic mass is 32.1. The molecule has 1 fully saturated rings. The highest BCUT2D eigenvalue weighted by Gasteiger charge is 2.31. The largest absolute Gasteiger partial charge is 0.356 e. The highest BCUT2D eigenvalue weighted by molar-refractivity contribution is 7.11. The summed E-state index contributed by atoms with van der Waals surface area (Å²) in [5, 5.41) is 8.18. The minimum Gasteiger partial charge on any atom is -0.356 e. The van der Waals surface area contributed by atoms with Crippen molar-refractivity contribution < 1.29 is 0 Å². The predicted octanol–water partition coefficient (Wildman–Crippen LogP) is 2.20. The average molecular weight is 338 g/mol. The van der Waals surface area contributed by atoms with E-state index in [1.165, 1.54) is 4.88 Å². The van der Waals surface area contributed by atoms with Crippen LogP contribution in [-0.4, -0.2) is 54.6 Å². The molecule has 2 N–H and O–H groups in total. The van der Waals surface area contributed by atoms with Crippen molar-refractivity contribution in [3.63, 3.8) is 0 Å². The summed E-state index contributed by atoms with van der Waals surface area (Å²) in [4.78, 5) is 12.8. The molecule has 0 aromatic carbocycles. The number of guanidine groups is 1. The van der Waals surface area contributed by atoms with Crippen molar-refractivity contribution in [2.45, 2.75) is 53.1 Å². The molecule has 1 aromatic heterocycles. The summed E-state index contributed by atoms with van der Waals surface area (Å²) >= 11 is 1.79. The second kappa shape index (κ2) is 8.11. The molecule has 130 valence electrons. The second-order valence-corrected chi connectivity index (χ2v) is 8.05. The maximum Gasteiger partial charge on any atom is 0.191 e. The van der Waals surface area contributed by atoms with E-state index in [4.69, 9.17) is 0 Å². The van der Waals surface area contributed by atoms with Crippen LogP contribution in [0.5, 0.6) is 0 Å². The summed E-state index contributed by atoms with van der Waals surface area (Å²) < 4.78 is 0. The van der Waals surface area contributed by atoms with Gasteiger partial charge in [-0.05, 0) is 33.6 Å². The van der Waals surface area contributed by atoms with E-state index < -0.39 is 0 Å². The van der Waals surface area contributed by atoms with Crippen LogP contribution in [0, 0.1) is 19.8 Å². The Bertz CT molecular complexity index is 537. The first-order chi connectivity index (χ1) is 10.9. The van der Waals surface area contributed by atoms with Gasteiger partial charge in [-0.15, -0.1) is 11.3 Å². The van der Waals surface area contributed by atoms with Gasteiger partial charge in [-0.2, -0.15) is 0 Å². The number of likely N-dealkylation sites (tertiary alicyclic amines) is 1. The van der Waals surface area contributed by atoms with Gasteiger partial charge in [-0.25, -0.2) is 4.98 Å². The van der Waals surface area contributed by atoms with Gasteiger partial charge in [0.25, 0.3) is 0 Å². The van der Waals surface area contributed by atoms with E-state index in [1.54, 1.807) is 11.3 Å². The fourth-order valence-electron chi connectivity index (χ4n) is 3.08. The summed E-state index contributed by atoms with van der Waals surface area (Å²) in [6, 6.07) is 1.08. The van der Waals surface area contributed by atoms with Crippen LogP contribution in [0.1, 0.15) is 36.3 Å². The zero-order valence-electron chi connectivity index (χ0n) is 15.3. The number of aromatic nitrogens is 1. The van der Waals surface area contributed by atoms with Crippen LogP contribution in [0.4, 0.5) is 0 Å². The average Bonchev–Trinajstić information content (AvgIpc) is 3.01. The Morgan fingerprint density at radius 1 is 1.39 bits per heavy atom. The van der Waals surface area contributed by atoms with Crippen LogP contribution < -0.4 is 10.6 Å². The number of hydrogen-bond donors (Lipinski definition) is 2. The van der Waals surface area contributed by atoms with Crippen molar-refractivity contribution in [3.05, 3.63) is 15.6 Å². The van der Waals surface area contributed by atoms with Gasteiger partial charge in [0, 0.05) is 50.1 Å². The first kappa shape index (κ1) is 18.2. The molecule has 0 saturated carbocycles. The summed E-state index contributed by atoms with van der Waals surface area (Å²) in [6.45, 7) is 14.1. The molecule has 0 amide bonds. The molecule has 1 aliphatic rings. The molecule has 2 rings (SSSR count). The summed E-state index contributed by atoms with van der Waals surface area (Å²) in [7, 11) is 1.84. The molecule has 0 radical (unpaired) electrons. The molecule has 2 atom stereocenters. The summed E-state index contributed by atoms with van der Waals surface area (Å²) in [5.41, 5.74) is 1.16. The van der Waals surface area contributed by atoms with Crippen molar-refractivity contribution in [2.24, 2.45) is 10.9 Å². The molecule has 0 spiro atoms. The van der Waals surface area contributed by atoms with Crippen LogP contribution in [0.25, 0.3) is 0 Å². The molecular weight excluding hydrogens is 306 g/mol. The maximum absolute atomic E-state index is 4.49. The smallest absolute Gasteiger partial charge is 0.191 e. The molecule has 2 heterocycles. The van der Waals surface area contributed by atoms with Crippen LogP contribution in [-0.2, 0) is 6.42 Å². The van der Waals surface area contributed by atoms with E-state index >= 15 is 0 Å². The van der Waals surface area contributed by atoms with Gasteiger partial charge in [0.1, 0.15) is 0 Å². The lowest BCUT2D eigenvalue weighted by Crippen LogP contribution is -2.47. The number of aryl methyl sites for hydroxylation is 2. The molecule has 5 nitrogen and oxygen atoms in total. The molecule has 2 unspecified atom stereocenters. The van der Waals surface area contributed by atoms with Crippen LogP contribution in [0.15, 0.2) is 4.99 Å². The van der Waals surface area contributed by atoms with Crippen LogP contribution in [0.2, 0.25) is 0 Å². The van der Waals surface area contributed by atoms with Gasteiger partial charge in [0.15, 0.2) is 5.96 Å². The first-order valence-electron chi connectivity index (χ1n) is 8.54. The Kier molecular flexibility index (Phi) is 6.41. The fraction of sp³-hybridized carbons (Fsp3) is 0.765. The zero-order valence-corrected chi connectivity index (χ0v) is 16.1. The molecule has 1 aromatic rings. The number of aliphatic imine (C=N–C) groups is 1. The van der Waals surface area contributed by atoms with E-state index in [-0.39, 0.29) is 0 Å². The van der Waals surface area contributed by atoms with Gasteiger partial charge in [-0.3, -0.25) is 9.89 Å². The van der Waals surface area contributed by atoms with Crippen molar-refractivity contribution in [1.82, 2.24) is 20.5 Å². The Balaban J connectivity index is 1.81. The third-order valence-electron chi connectivity index (χ3n) is 4.56. The lowest BCUT2D eigenvalue weighted by atomic mass is 10.1. The van der Waals surface area contributed by atoms with Crippen molar-refractivity contribution in [1.29, 1.82) is 0 Å². The number of nitrogens with one attached hydrogen (secondary N) is 2. The third kappa shape index (κ3) is 4.91. The van der Waals surface area contributed by atoms with E-state index in [0.29, 0.717) is 18.0 Å². The van der Waals surface area contributed by atoms with Gasteiger partial charge >= 0.3 is 0 Å². The SMILES string of the molecule is CN=C(NCCc1sc(C)nc1C)NC1CN(C(C)C)CC1C. The minimum absolute atomic E-state index is 0.469. The number of hydrogen-bond acceptors (Lipinski definition) is 4. The maximum atomic E-state index is 4.49. The number of thiazole rings is 1. The van der Waals surface area contributed by atoms with Crippen molar-refractivity contribution >= 4 is 17.3 Å². The lowest BCUT2D eigenvalue weighted by molar-refractivity contribution is 0.265. The van der Waals surface area contributed by atoms with E-state index in [2.05, 4.69) is 60.1 Å². The molecule has 0 aliphatic carbocycles. The van der Waals surface area contributed by atoms with E-state index in [9.17, 15) is 0 Å². The van der Waals surface area contributed by atoms with Crippen LogP contribution >= 0.6 is 11.3 Å². The topological polar surface area (TPSA) is 52.6 Å². The number of nitrogens with zero attached hydrogens (tertiary/aromatic N) is 3. The molecule has 6 heteroatoms. The molecule has 1 saturated heterocycles. The first-order valence-corrected chi connectivity index (χ1v) is 9.36. The summed E-state index contributed by atoms with van der Waals surface area (Å²) in [5.74, 6) is 1.55. The normalized spacial score (nSPS) is 22.8. The zero-order chi connectivity index (χ0) is 17.0. The molecule has 23 heavy (non-hydrogen) atoms. The Hall–Kier alpha value is -1.14. The van der Waals surface area contributed by atoms with Gasteiger partial charge in [0.2, 0.25) is 0 Å². The van der Waals surface area contributed by atoms with Gasteiger partial charge in [0.05, 0.1) is 10.7 Å². The minimum atomic E-state index is 0.469. The quantitative estimate of drug-likeness (QED) is 0.639. The Morgan fingerprint density at radius 3 is 2.65 bits per heavy atom. The fourth-order valence-corrected chi connectivity index (χ4v) is 4.02. The highest BCUT2D eigenvalue weighted by Crippen LogP contribution is 2.19. The summed E-state index contributed by atoms with van der Waals surface area (Å²) in [6.07, 6.45) is 0.996. The standard InChI is InChI=1S/C17H31N5S/c1-11(2)22-9-12(3)15(10-22)21-17(18-6)19-8-7-16-13(4)20-14(5)23-16/h11-12,15H,7-10H2,1-6H3,(H2,18,19,21). The monoisotopic (exact) mass is 337 g/mol. The molecule has 1 aliphatic heterocycles. The van der Waals surface area contributed by atoms with E-state index in [1.807, 2.05) is 7.05 Å². The van der Waals surface area contributed by atoms with Crippen molar-refractivity contribution in [2.75, 3.05) is 26.7 Å². The van der Waals surface area contributed by atoms with Crippen molar-refractivity contribution in [3.8, 4) is 0 Å². The van der Waals surface area contributed by atoms with Crippen LogP contribution in [0.3, 0.4) is 0 Å². The Labute approximate surface area is 144 Å². The van der Waals surface area contributed by atoms with Gasteiger partial charge < -0.3 is 10.6 Å². The predicted molar refractivity (Wildman–Crippen MR) is 99.5 cm³/mol. The lowest BCUT2D eigenvalue weighted by Gasteiger charge is -2.21. The van der Waals surface area contributed by atoms with Gasteiger partial charge in [-0.1, -0.05) is 6.92 Å². The molecular formula is C17H31N5S. The number of rotatable bonds is 5. The molecule has 0 bridgehead atoms. The van der Waals surface area contributed by atoms with E-state index in [0.717, 1.165) is 42.7 Å². The Morgan fingerprint density at radius 2 is 2.13 bits per heavy atom.